The van der Waals surface area contributed by atoms with E-state index in [-0.39, 0.29) is 31.9 Å². The van der Waals surface area contributed by atoms with E-state index < -0.39 is 0 Å². The van der Waals surface area contributed by atoms with Gasteiger partial charge in [-0.2, -0.15) is 12.1 Å². The predicted molar refractivity (Wildman–Crippen MR) is 182 cm³/mol. The van der Waals surface area contributed by atoms with Crippen LogP contribution < -0.4 is 14.5 Å². The third kappa shape index (κ3) is 5.53. The number of hydrogen-bond donors (Lipinski definition) is 0. The van der Waals surface area contributed by atoms with E-state index in [2.05, 4.69) is 148 Å². The first kappa shape index (κ1) is 30.9. The van der Waals surface area contributed by atoms with Crippen molar-refractivity contribution in [3.8, 4) is 17.3 Å². The molecule has 5 nitrogen and oxygen atoms in total. The molecule has 2 aromatic heterocycles. The molecule has 6 heteroatoms. The number of para-hydroxylation sites is 3. The maximum Gasteiger partial charge on any atom is 2.00 e. The van der Waals surface area contributed by atoms with Crippen molar-refractivity contribution in [2.75, 3.05) is 23.5 Å². The number of aromatic nitrogens is 2. The fraction of sp³-hybridized carbons (Fsp3) is 0.256. The minimum Gasteiger partial charge on any atom is -0.509 e. The molecule has 45 heavy (non-hydrogen) atoms. The van der Waals surface area contributed by atoms with Gasteiger partial charge in [0.25, 0.3) is 0 Å². The van der Waals surface area contributed by atoms with Crippen LogP contribution in [0.4, 0.5) is 17.1 Å². The van der Waals surface area contributed by atoms with Gasteiger partial charge in [0.15, 0.2) is 0 Å². The average Bonchev–Trinajstić information content (AvgIpc) is 3.50. The molecule has 0 amide bonds. The number of rotatable bonds is 4. The van der Waals surface area contributed by atoms with Crippen LogP contribution in [-0.2, 0) is 31.9 Å². The van der Waals surface area contributed by atoms with Gasteiger partial charge in [-0.3, -0.25) is 0 Å². The van der Waals surface area contributed by atoms with Gasteiger partial charge in [-0.1, -0.05) is 88.5 Å². The Labute approximate surface area is 280 Å². The SMILES string of the molecule is CN1CN(c2[c-]c(Oc3[c-]c4c(cc3C(C)(C)C)c3ccccc3n4-c3cc(C(C)(C)C)ccn3)ccc2)c2ccccc21.[Pt+2]. The van der Waals surface area contributed by atoms with Gasteiger partial charge >= 0.3 is 21.1 Å². The van der Waals surface area contributed by atoms with Crippen molar-refractivity contribution < 1.29 is 25.8 Å². The maximum atomic E-state index is 6.74. The quantitative estimate of drug-likeness (QED) is 0.167. The molecule has 6 aromatic rings. The summed E-state index contributed by atoms with van der Waals surface area (Å²) in [4.78, 5) is 9.36. The summed E-state index contributed by atoms with van der Waals surface area (Å²) in [5.74, 6) is 2.24. The van der Waals surface area contributed by atoms with E-state index >= 15 is 0 Å². The molecule has 1 aliphatic heterocycles. The summed E-state index contributed by atoms with van der Waals surface area (Å²) in [6.45, 7) is 14.1. The van der Waals surface area contributed by atoms with E-state index in [0.29, 0.717) is 11.5 Å². The third-order valence-electron chi connectivity index (χ3n) is 8.52. The smallest absolute Gasteiger partial charge is 0.509 e. The number of nitrogens with zero attached hydrogens (tertiary/aromatic N) is 4. The van der Waals surface area contributed by atoms with Crippen molar-refractivity contribution in [2.24, 2.45) is 0 Å². The standard InChI is InChI=1S/C39H38N4O.Pt/c1-38(2,3)26-19-20-40-37(21-26)43-32-16-9-8-15-29(32)30-23-31(39(4,5)6)36(24-35(30)43)44-28-14-12-13-27(22-28)42-25-41(7)33-17-10-11-18-34(33)42;/h8-21,23H,25H2,1-7H3;/q-2;+2. The Morgan fingerprint density at radius 3 is 2.24 bits per heavy atom. The van der Waals surface area contributed by atoms with Crippen LogP contribution in [0.2, 0.25) is 0 Å². The molecular formula is C39H38N4OPt. The van der Waals surface area contributed by atoms with E-state index in [0.717, 1.165) is 40.2 Å². The Hall–Kier alpha value is -4.08. The Morgan fingerprint density at radius 1 is 0.756 bits per heavy atom. The molecule has 1 aliphatic rings. The van der Waals surface area contributed by atoms with Crippen LogP contribution in [0, 0.1) is 12.1 Å². The normalized spacial score (nSPS) is 13.3. The van der Waals surface area contributed by atoms with Crippen molar-refractivity contribution in [3.63, 3.8) is 0 Å². The topological polar surface area (TPSA) is 33.5 Å². The molecule has 4 aromatic carbocycles. The molecule has 0 saturated heterocycles. The van der Waals surface area contributed by atoms with Gasteiger partial charge in [0.05, 0.1) is 18.0 Å². The zero-order chi connectivity index (χ0) is 30.8. The Balaban J connectivity index is 0.00000357. The second-order valence-electron chi connectivity index (χ2n) is 13.8. The third-order valence-corrected chi connectivity index (χ3v) is 8.52. The van der Waals surface area contributed by atoms with E-state index in [1.54, 1.807) is 0 Å². The zero-order valence-electron chi connectivity index (χ0n) is 26.9. The van der Waals surface area contributed by atoms with Crippen LogP contribution in [0.25, 0.3) is 27.6 Å². The van der Waals surface area contributed by atoms with Gasteiger partial charge in [-0.25, -0.2) is 4.98 Å². The number of hydrogen-bond acceptors (Lipinski definition) is 4. The number of anilines is 3. The number of benzene rings is 4. The molecule has 0 bridgehead atoms. The van der Waals surface area contributed by atoms with Crippen molar-refractivity contribution in [1.82, 2.24) is 9.55 Å². The van der Waals surface area contributed by atoms with Crippen LogP contribution in [0.15, 0.2) is 91.1 Å². The maximum absolute atomic E-state index is 6.74. The molecule has 0 saturated carbocycles. The fourth-order valence-electron chi connectivity index (χ4n) is 6.15. The number of pyridine rings is 1. The summed E-state index contributed by atoms with van der Waals surface area (Å²) in [5, 5.41) is 2.31. The van der Waals surface area contributed by atoms with Crippen LogP contribution in [-0.4, -0.2) is 23.3 Å². The molecule has 0 N–H and O–H groups in total. The van der Waals surface area contributed by atoms with Gasteiger partial charge in [0, 0.05) is 30.3 Å². The van der Waals surface area contributed by atoms with Crippen LogP contribution in [0.1, 0.15) is 52.7 Å². The van der Waals surface area contributed by atoms with Gasteiger partial charge in [-0.15, -0.1) is 35.2 Å². The number of fused-ring (bicyclic) bond motifs is 4. The largest absolute Gasteiger partial charge is 2.00 e. The van der Waals surface area contributed by atoms with Crippen LogP contribution >= 0.6 is 0 Å². The van der Waals surface area contributed by atoms with Gasteiger partial charge in [0.1, 0.15) is 5.82 Å². The molecule has 230 valence electrons. The predicted octanol–water partition coefficient (Wildman–Crippen LogP) is 9.71. The summed E-state index contributed by atoms with van der Waals surface area (Å²) in [6, 6.07) is 37.0. The van der Waals surface area contributed by atoms with Gasteiger partial charge in [0.2, 0.25) is 0 Å². The van der Waals surface area contributed by atoms with Crippen molar-refractivity contribution >= 4 is 38.9 Å². The van der Waals surface area contributed by atoms with E-state index in [1.807, 2.05) is 18.3 Å². The minimum atomic E-state index is -0.179. The Kier molecular flexibility index (Phi) is 7.81. The van der Waals surface area contributed by atoms with Crippen LogP contribution in [0.5, 0.6) is 11.5 Å². The van der Waals surface area contributed by atoms with Crippen molar-refractivity contribution in [1.29, 1.82) is 0 Å². The van der Waals surface area contributed by atoms with Gasteiger partial charge in [-0.05, 0) is 46.7 Å². The van der Waals surface area contributed by atoms with E-state index in [9.17, 15) is 0 Å². The van der Waals surface area contributed by atoms with Crippen molar-refractivity contribution in [2.45, 2.75) is 52.4 Å². The molecule has 0 atom stereocenters. The summed E-state index contributed by atoms with van der Waals surface area (Å²) in [7, 11) is 2.12. The van der Waals surface area contributed by atoms with Gasteiger partial charge < -0.3 is 19.1 Å². The van der Waals surface area contributed by atoms with E-state index in [1.165, 1.54) is 22.3 Å². The fourth-order valence-corrected chi connectivity index (χ4v) is 6.15. The summed E-state index contributed by atoms with van der Waals surface area (Å²) in [6.07, 6.45) is 1.91. The molecule has 0 fully saturated rings. The van der Waals surface area contributed by atoms with Crippen molar-refractivity contribution in [3.05, 3.63) is 114 Å². The minimum absolute atomic E-state index is 0. The second kappa shape index (κ2) is 11.4. The average molecular weight is 774 g/mol. The summed E-state index contributed by atoms with van der Waals surface area (Å²) < 4.78 is 8.96. The van der Waals surface area contributed by atoms with E-state index in [4.69, 9.17) is 9.72 Å². The molecule has 0 radical (unpaired) electrons. The monoisotopic (exact) mass is 773 g/mol. The molecule has 0 spiro atoms. The molecule has 0 aliphatic carbocycles. The first-order valence-corrected chi connectivity index (χ1v) is 15.2. The summed E-state index contributed by atoms with van der Waals surface area (Å²) >= 11 is 0. The summed E-state index contributed by atoms with van der Waals surface area (Å²) in [5.41, 5.74) is 7.53. The zero-order valence-corrected chi connectivity index (χ0v) is 29.2. The molecule has 7 rings (SSSR count). The number of ether oxygens (including phenoxy) is 1. The Bertz CT molecular complexity index is 2030. The molecule has 3 heterocycles. The van der Waals surface area contributed by atoms with Crippen LogP contribution in [0.3, 0.4) is 0 Å². The molecular weight excluding hydrogens is 736 g/mol. The Morgan fingerprint density at radius 2 is 1.49 bits per heavy atom. The second-order valence-corrected chi connectivity index (χ2v) is 13.8. The first-order chi connectivity index (χ1) is 21.0. The first-order valence-electron chi connectivity index (χ1n) is 15.2. The molecule has 0 unspecified atom stereocenters.